The molecule has 1 N–H and O–H groups in total. The molecule has 1 atom stereocenters. The molecule has 0 aromatic heterocycles. The minimum Gasteiger partial charge on any atom is -0.383 e. The number of hydrogen-bond donors (Lipinski definition) is 1. The van der Waals surface area contributed by atoms with Crippen molar-refractivity contribution in [1.29, 1.82) is 0 Å². The van der Waals surface area contributed by atoms with E-state index in [2.05, 4.69) is 32.3 Å². The summed E-state index contributed by atoms with van der Waals surface area (Å²) < 4.78 is 0. The van der Waals surface area contributed by atoms with E-state index in [9.17, 15) is 0 Å². The summed E-state index contributed by atoms with van der Waals surface area (Å²) in [5.74, 6) is 0. The lowest BCUT2D eigenvalue weighted by Crippen LogP contribution is -2.24. The van der Waals surface area contributed by atoms with Crippen LogP contribution in [0.5, 0.6) is 0 Å². The van der Waals surface area contributed by atoms with Crippen LogP contribution < -0.4 is 5.32 Å². The molecule has 0 aromatic carbocycles. The van der Waals surface area contributed by atoms with Crippen LogP contribution >= 0.6 is 0 Å². The highest BCUT2D eigenvalue weighted by atomic mass is 14.9. The first-order chi connectivity index (χ1) is 7.24. The molecule has 0 saturated carbocycles. The average Bonchev–Trinajstić information content (AvgIpc) is 2.25. The van der Waals surface area contributed by atoms with Crippen molar-refractivity contribution in [3.05, 3.63) is 24.9 Å². The monoisotopic (exact) mass is 209 g/mol. The van der Waals surface area contributed by atoms with E-state index >= 15 is 0 Å². The normalized spacial score (nSPS) is 12.1. The molecule has 0 aromatic rings. The van der Waals surface area contributed by atoms with Gasteiger partial charge in [-0.3, -0.25) is 0 Å². The van der Waals surface area contributed by atoms with Gasteiger partial charge in [-0.25, -0.2) is 0 Å². The van der Waals surface area contributed by atoms with Crippen LogP contribution in [0.2, 0.25) is 0 Å². The first-order valence-corrected chi connectivity index (χ1v) is 6.31. The van der Waals surface area contributed by atoms with Crippen molar-refractivity contribution in [2.45, 2.75) is 64.8 Å². The average molecular weight is 209 g/mol. The number of nitrogens with one attached hydrogen (secondary N) is 1. The van der Waals surface area contributed by atoms with Crippen molar-refractivity contribution in [1.82, 2.24) is 5.32 Å². The zero-order chi connectivity index (χ0) is 11.5. The SMILES string of the molecule is C=CC(CC)NC(=C)CCCCCCC. The lowest BCUT2D eigenvalue weighted by molar-refractivity contribution is 0.587. The van der Waals surface area contributed by atoms with Crippen molar-refractivity contribution in [2.24, 2.45) is 0 Å². The zero-order valence-electron chi connectivity index (χ0n) is 10.5. The standard InChI is InChI=1S/C14H27N/c1-5-8-9-10-11-12-13(4)15-14(6-2)7-3/h6,14-15H,2,4-5,7-12H2,1,3H3. The number of unbranched alkanes of at least 4 members (excludes halogenated alkanes) is 4. The van der Waals surface area contributed by atoms with Crippen molar-refractivity contribution in [3.63, 3.8) is 0 Å². The molecule has 0 saturated heterocycles. The Balaban J connectivity index is 3.44. The van der Waals surface area contributed by atoms with Crippen molar-refractivity contribution in [3.8, 4) is 0 Å². The van der Waals surface area contributed by atoms with E-state index in [0.717, 1.165) is 12.8 Å². The van der Waals surface area contributed by atoms with Crippen molar-refractivity contribution < 1.29 is 0 Å². The van der Waals surface area contributed by atoms with Crippen LogP contribution in [0.1, 0.15) is 58.8 Å². The Morgan fingerprint density at radius 2 is 1.87 bits per heavy atom. The summed E-state index contributed by atoms with van der Waals surface area (Å²) in [6, 6.07) is 0.396. The van der Waals surface area contributed by atoms with E-state index in [4.69, 9.17) is 0 Å². The second-order valence-corrected chi connectivity index (χ2v) is 4.16. The molecular weight excluding hydrogens is 182 g/mol. The Bertz CT molecular complexity index is 172. The molecule has 0 amide bonds. The predicted molar refractivity (Wildman–Crippen MR) is 69.9 cm³/mol. The van der Waals surface area contributed by atoms with Crippen LogP contribution in [0.15, 0.2) is 24.9 Å². The molecule has 0 aliphatic heterocycles. The maximum absolute atomic E-state index is 4.05. The van der Waals surface area contributed by atoms with Gasteiger partial charge >= 0.3 is 0 Å². The zero-order valence-corrected chi connectivity index (χ0v) is 10.5. The molecule has 0 bridgehead atoms. The van der Waals surface area contributed by atoms with Gasteiger partial charge in [-0.05, 0) is 19.3 Å². The fraction of sp³-hybridized carbons (Fsp3) is 0.714. The molecule has 0 fully saturated rings. The van der Waals surface area contributed by atoms with Crippen LogP contribution in [0.4, 0.5) is 0 Å². The van der Waals surface area contributed by atoms with E-state index in [1.54, 1.807) is 0 Å². The number of allylic oxidation sites excluding steroid dienone is 1. The Hall–Kier alpha value is -0.720. The molecule has 0 heterocycles. The quantitative estimate of drug-likeness (QED) is 0.415. The van der Waals surface area contributed by atoms with Gasteiger partial charge in [0.15, 0.2) is 0 Å². The topological polar surface area (TPSA) is 12.0 Å². The summed E-state index contributed by atoms with van der Waals surface area (Å²) in [7, 11) is 0. The minimum atomic E-state index is 0.396. The van der Waals surface area contributed by atoms with Crippen LogP contribution in [0.25, 0.3) is 0 Å². The molecule has 1 heteroatoms. The summed E-state index contributed by atoms with van der Waals surface area (Å²) >= 11 is 0. The molecular formula is C14H27N. The van der Waals surface area contributed by atoms with Crippen LogP contribution in [-0.4, -0.2) is 6.04 Å². The maximum Gasteiger partial charge on any atom is 0.0436 e. The molecule has 0 radical (unpaired) electrons. The summed E-state index contributed by atoms with van der Waals surface area (Å²) in [4.78, 5) is 0. The lowest BCUT2D eigenvalue weighted by atomic mass is 10.1. The van der Waals surface area contributed by atoms with Crippen molar-refractivity contribution >= 4 is 0 Å². The summed E-state index contributed by atoms with van der Waals surface area (Å²) in [5, 5.41) is 3.39. The van der Waals surface area contributed by atoms with Gasteiger partial charge in [0.25, 0.3) is 0 Å². The molecule has 1 nitrogen and oxygen atoms in total. The van der Waals surface area contributed by atoms with Crippen molar-refractivity contribution in [2.75, 3.05) is 0 Å². The fourth-order valence-corrected chi connectivity index (χ4v) is 1.60. The van der Waals surface area contributed by atoms with Crippen LogP contribution in [-0.2, 0) is 0 Å². The smallest absolute Gasteiger partial charge is 0.0436 e. The van der Waals surface area contributed by atoms with E-state index in [-0.39, 0.29) is 0 Å². The summed E-state index contributed by atoms with van der Waals surface area (Å²) in [5.41, 5.74) is 1.17. The molecule has 15 heavy (non-hydrogen) atoms. The largest absolute Gasteiger partial charge is 0.383 e. The van der Waals surface area contributed by atoms with E-state index < -0.39 is 0 Å². The Kier molecular flexibility index (Phi) is 9.35. The Morgan fingerprint density at radius 3 is 2.40 bits per heavy atom. The third-order valence-electron chi connectivity index (χ3n) is 2.70. The minimum absolute atomic E-state index is 0.396. The third kappa shape index (κ3) is 8.29. The lowest BCUT2D eigenvalue weighted by Gasteiger charge is -2.16. The maximum atomic E-state index is 4.05. The molecule has 88 valence electrons. The van der Waals surface area contributed by atoms with Gasteiger partial charge in [-0.1, -0.05) is 52.2 Å². The van der Waals surface area contributed by atoms with Gasteiger partial charge in [0.05, 0.1) is 0 Å². The van der Waals surface area contributed by atoms with Gasteiger partial charge in [0.1, 0.15) is 0 Å². The summed E-state index contributed by atoms with van der Waals surface area (Å²) in [6.45, 7) is 12.3. The first kappa shape index (κ1) is 14.3. The van der Waals surface area contributed by atoms with Gasteiger partial charge in [0.2, 0.25) is 0 Å². The second kappa shape index (κ2) is 9.82. The molecule has 0 aliphatic carbocycles. The van der Waals surface area contributed by atoms with E-state index in [1.807, 2.05) is 6.08 Å². The molecule has 0 rings (SSSR count). The molecule has 0 spiro atoms. The summed E-state index contributed by atoms with van der Waals surface area (Å²) in [6.07, 6.45) is 10.8. The second-order valence-electron chi connectivity index (χ2n) is 4.16. The van der Waals surface area contributed by atoms with Crippen LogP contribution in [0.3, 0.4) is 0 Å². The Labute approximate surface area is 95.7 Å². The van der Waals surface area contributed by atoms with Crippen LogP contribution in [0, 0.1) is 0 Å². The molecule has 1 unspecified atom stereocenters. The highest BCUT2D eigenvalue weighted by Gasteiger charge is 2.01. The Morgan fingerprint density at radius 1 is 1.20 bits per heavy atom. The van der Waals surface area contributed by atoms with Gasteiger partial charge in [0, 0.05) is 11.7 Å². The first-order valence-electron chi connectivity index (χ1n) is 6.31. The van der Waals surface area contributed by atoms with E-state index in [1.165, 1.54) is 37.8 Å². The number of rotatable bonds is 10. The van der Waals surface area contributed by atoms with Gasteiger partial charge < -0.3 is 5.32 Å². The third-order valence-corrected chi connectivity index (χ3v) is 2.70. The fourth-order valence-electron chi connectivity index (χ4n) is 1.60. The predicted octanol–water partition coefficient (Wildman–Crippen LogP) is 4.41. The highest BCUT2D eigenvalue weighted by Crippen LogP contribution is 2.09. The van der Waals surface area contributed by atoms with E-state index in [0.29, 0.717) is 6.04 Å². The van der Waals surface area contributed by atoms with Gasteiger partial charge in [-0.15, -0.1) is 6.58 Å². The number of hydrogen-bond acceptors (Lipinski definition) is 1. The molecule has 0 aliphatic rings. The highest BCUT2D eigenvalue weighted by molar-refractivity contribution is 4.98. The van der Waals surface area contributed by atoms with Gasteiger partial charge in [-0.2, -0.15) is 0 Å².